The van der Waals surface area contributed by atoms with Gasteiger partial charge >= 0.3 is 0 Å². The van der Waals surface area contributed by atoms with Gasteiger partial charge in [0.2, 0.25) is 11.8 Å². The smallest absolute Gasteiger partial charge is 0.239 e. The summed E-state index contributed by atoms with van der Waals surface area (Å²) in [5.74, 6) is 0.633. The predicted octanol–water partition coefficient (Wildman–Crippen LogP) is -0.923. The molecule has 15 heavy (non-hydrogen) atoms. The van der Waals surface area contributed by atoms with Gasteiger partial charge in [-0.05, 0) is 0 Å². The van der Waals surface area contributed by atoms with Gasteiger partial charge < -0.3 is 10.1 Å². The number of amides is 2. The topological polar surface area (TPSA) is 58.6 Å². The molecule has 2 fully saturated rings. The van der Waals surface area contributed by atoms with E-state index < -0.39 is 0 Å². The van der Waals surface area contributed by atoms with Crippen molar-refractivity contribution in [1.82, 2.24) is 10.2 Å². The molecule has 0 saturated carbocycles. The molecule has 2 aliphatic heterocycles. The first-order chi connectivity index (χ1) is 7.27. The van der Waals surface area contributed by atoms with Crippen LogP contribution in [0.4, 0.5) is 0 Å². The minimum absolute atomic E-state index is 0.0465. The maximum atomic E-state index is 11.5. The summed E-state index contributed by atoms with van der Waals surface area (Å²) in [6, 6.07) is 0. The highest BCUT2D eigenvalue weighted by atomic mass is 32.2. The van der Waals surface area contributed by atoms with Gasteiger partial charge in [0.05, 0.1) is 30.8 Å². The van der Waals surface area contributed by atoms with Gasteiger partial charge in [0.1, 0.15) is 0 Å². The highest BCUT2D eigenvalue weighted by Gasteiger charge is 2.29. The van der Waals surface area contributed by atoms with Crippen molar-refractivity contribution in [2.75, 3.05) is 37.7 Å². The molecule has 1 atom stereocenters. The fourth-order valence-corrected chi connectivity index (χ4v) is 2.43. The van der Waals surface area contributed by atoms with Crippen LogP contribution in [-0.4, -0.2) is 60.6 Å². The summed E-state index contributed by atoms with van der Waals surface area (Å²) < 4.78 is 5.46. The minimum Gasteiger partial charge on any atom is -0.374 e. The van der Waals surface area contributed by atoms with Crippen LogP contribution < -0.4 is 5.32 Å². The van der Waals surface area contributed by atoms with Crippen molar-refractivity contribution in [3.8, 4) is 0 Å². The third-order valence-electron chi connectivity index (χ3n) is 2.44. The van der Waals surface area contributed by atoms with Crippen LogP contribution in [0, 0.1) is 0 Å². The summed E-state index contributed by atoms with van der Waals surface area (Å²) >= 11 is 1.38. The monoisotopic (exact) mass is 230 g/mol. The first-order valence-corrected chi connectivity index (χ1v) is 6.16. The first kappa shape index (κ1) is 10.9. The fourth-order valence-electron chi connectivity index (χ4n) is 1.66. The zero-order chi connectivity index (χ0) is 10.7. The van der Waals surface area contributed by atoms with E-state index in [-0.39, 0.29) is 17.9 Å². The lowest BCUT2D eigenvalue weighted by atomic mass is 10.2. The molecule has 2 aliphatic rings. The van der Waals surface area contributed by atoms with E-state index in [1.54, 1.807) is 0 Å². The molecule has 0 spiro atoms. The van der Waals surface area contributed by atoms with E-state index in [1.807, 2.05) is 0 Å². The maximum Gasteiger partial charge on any atom is 0.239 e. The molecule has 1 N–H and O–H groups in total. The molecule has 2 amide bonds. The summed E-state index contributed by atoms with van der Waals surface area (Å²) in [6.45, 7) is 2.60. The van der Waals surface area contributed by atoms with E-state index in [0.29, 0.717) is 31.2 Å². The van der Waals surface area contributed by atoms with Crippen molar-refractivity contribution < 1.29 is 14.3 Å². The summed E-state index contributed by atoms with van der Waals surface area (Å²) in [4.78, 5) is 24.3. The third kappa shape index (κ3) is 2.70. The van der Waals surface area contributed by atoms with Gasteiger partial charge in [0.25, 0.3) is 0 Å². The van der Waals surface area contributed by atoms with Crippen molar-refractivity contribution in [1.29, 1.82) is 0 Å². The normalized spacial score (nSPS) is 28.3. The molecule has 0 radical (unpaired) electrons. The van der Waals surface area contributed by atoms with Crippen LogP contribution in [0.3, 0.4) is 0 Å². The number of carbonyl (C=O) groups is 2. The molecule has 0 bridgehead atoms. The molecule has 6 heteroatoms. The molecule has 0 aromatic carbocycles. The molecule has 84 valence electrons. The first-order valence-electron chi connectivity index (χ1n) is 5.00. The number of nitrogens with zero attached hydrogens (tertiary/aromatic N) is 1. The Hall–Kier alpha value is -0.590. The Morgan fingerprint density at radius 1 is 1.40 bits per heavy atom. The summed E-state index contributed by atoms with van der Waals surface area (Å²) in [7, 11) is 0. The number of carbonyl (C=O) groups excluding carboxylic acids is 2. The number of hydrogen-bond acceptors (Lipinski definition) is 5. The van der Waals surface area contributed by atoms with Crippen molar-refractivity contribution in [3.05, 3.63) is 0 Å². The van der Waals surface area contributed by atoms with Gasteiger partial charge in [-0.15, -0.1) is 11.8 Å². The van der Waals surface area contributed by atoms with Crippen LogP contribution in [0.1, 0.15) is 0 Å². The second kappa shape index (κ2) is 4.96. The number of hydrogen-bond donors (Lipinski definition) is 1. The van der Waals surface area contributed by atoms with Crippen LogP contribution in [0.15, 0.2) is 0 Å². The van der Waals surface area contributed by atoms with Gasteiger partial charge in [-0.25, -0.2) is 0 Å². The highest BCUT2D eigenvalue weighted by molar-refractivity contribution is 8.00. The van der Waals surface area contributed by atoms with Crippen LogP contribution in [-0.2, 0) is 14.3 Å². The van der Waals surface area contributed by atoms with Gasteiger partial charge in [-0.1, -0.05) is 0 Å². The van der Waals surface area contributed by atoms with Gasteiger partial charge in [-0.3, -0.25) is 14.5 Å². The van der Waals surface area contributed by atoms with Crippen LogP contribution in [0.2, 0.25) is 0 Å². The minimum atomic E-state index is -0.0922. The SMILES string of the molecule is O=C1CSCC(=O)N1CC1CNCCO1. The lowest BCUT2D eigenvalue weighted by Gasteiger charge is -2.30. The molecule has 2 saturated heterocycles. The Labute approximate surface area is 92.5 Å². The number of nitrogens with one attached hydrogen (secondary N) is 1. The number of rotatable bonds is 2. The largest absolute Gasteiger partial charge is 0.374 e. The number of thioether (sulfide) groups is 1. The van der Waals surface area contributed by atoms with E-state index in [4.69, 9.17) is 4.74 Å². The van der Waals surface area contributed by atoms with Crippen LogP contribution in [0.5, 0.6) is 0 Å². The molecule has 0 aromatic heterocycles. The number of imide groups is 1. The molecule has 1 unspecified atom stereocenters. The van der Waals surface area contributed by atoms with Crippen molar-refractivity contribution in [3.63, 3.8) is 0 Å². The lowest BCUT2D eigenvalue weighted by molar-refractivity contribution is -0.144. The Morgan fingerprint density at radius 3 is 2.73 bits per heavy atom. The van der Waals surface area contributed by atoms with Gasteiger partial charge in [0.15, 0.2) is 0 Å². The molecular formula is C9H14N2O3S. The van der Waals surface area contributed by atoms with Gasteiger partial charge in [-0.2, -0.15) is 0 Å². The van der Waals surface area contributed by atoms with E-state index in [1.165, 1.54) is 16.7 Å². The Kier molecular flexibility index (Phi) is 3.61. The fraction of sp³-hybridized carbons (Fsp3) is 0.778. The zero-order valence-electron chi connectivity index (χ0n) is 8.40. The predicted molar refractivity (Wildman–Crippen MR) is 56.7 cm³/mol. The van der Waals surface area contributed by atoms with Gasteiger partial charge in [0, 0.05) is 13.1 Å². The average molecular weight is 230 g/mol. The molecule has 2 heterocycles. The Bertz CT molecular complexity index is 250. The Balaban J connectivity index is 1.90. The average Bonchev–Trinajstić information content (AvgIpc) is 2.25. The van der Waals surface area contributed by atoms with E-state index in [9.17, 15) is 9.59 Å². The second-order valence-electron chi connectivity index (χ2n) is 3.59. The third-order valence-corrected chi connectivity index (χ3v) is 3.35. The van der Waals surface area contributed by atoms with E-state index in [2.05, 4.69) is 5.32 Å². The van der Waals surface area contributed by atoms with E-state index in [0.717, 1.165) is 6.54 Å². The summed E-state index contributed by atoms with van der Waals surface area (Å²) in [5.41, 5.74) is 0. The van der Waals surface area contributed by atoms with Crippen molar-refractivity contribution in [2.24, 2.45) is 0 Å². The summed E-state index contributed by atoms with van der Waals surface area (Å²) in [6.07, 6.45) is -0.0465. The van der Waals surface area contributed by atoms with Crippen LogP contribution >= 0.6 is 11.8 Å². The molecule has 5 nitrogen and oxygen atoms in total. The second-order valence-corrected chi connectivity index (χ2v) is 4.57. The Morgan fingerprint density at radius 2 is 2.13 bits per heavy atom. The summed E-state index contributed by atoms with van der Waals surface area (Å²) in [5, 5.41) is 3.17. The highest BCUT2D eigenvalue weighted by Crippen LogP contribution is 2.13. The standard InChI is InChI=1S/C9H14N2O3S/c12-8-5-15-6-9(13)11(8)4-7-3-10-1-2-14-7/h7,10H,1-6H2. The lowest BCUT2D eigenvalue weighted by Crippen LogP contribution is -2.51. The quantitative estimate of drug-likeness (QED) is 0.622. The maximum absolute atomic E-state index is 11.5. The zero-order valence-corrected chi connectivity index (χ0v) is 9.22. The van der Waals surface area contributed by atoms with Crippen molar-refractivity contribution >= 4 is 23.6 Å². The number of ether oxygens (including phenoxy) is 1. The molecule has 0 aliphatic carbocycles. The van der Waals surface area contributed by atoms with Crippen LogP contribution in [0.25, 0.3) is 0 Å². The van der Waals surface area contributed by atoms with E-state index >= 15 is 0 Å². The molecule has 0 aromatic rings. The number of morpholine rings is 1. The molecule has 2 rings (SSSR count). The van der Waals surface area contributed by atoms with Crippen molar-refractivity contribution in [2.45, 2.75) is 6.10 Å². The molecular weight excluding hydrogens is 216 g/mol.